The monoisotopic (exact) mass is 383 g/mol. The van der Waals surface area contributed by atoms with Crippen LogP contribution in [0.3, 0.4) is 0 Å². The maximum absolute atomic E-state index is 12.0. The molecule has 0 atom stereocenters. The summed E-state index contributed by atoms with van der Waals surface area (Å²) in [5.74, 6) is -0.228. The number of hydrogen-bond acceptors (Lipinski definition) is 5. The first kappa shape index (κ1) is 21.2. The fraction of sp³-hybridized carbons (Fsp3) is 0.350. The van der Waals surface area contributed by atoms with E-state index in [1.807, 2.05) is 50.2 Å². The van der Waals surface area contributed by atoms with Crippen LogP contribution in [0, 0.1) is 13.8 Å². The van der Waals surface area contributed by atoms with Crippen molar-refractivity contribution in [2.75, 3.05) is 44.0 Å². The Kier molecular flexibility index (Phi) is 8.30. The van der Waals surface area contributed by atoms with Crippen molar-refractivity contribution in [1.29, 1.82) is 0 Å². The molecule has 0 saturated heterocycles. The number of azide groups is 1. The Hall–Kier alpha value is -3.06. The highest BCUT2D eigenvalue weighted by atomic mass is 16.5. The summed E-state index contributed by atoms with van der Waals surface area (Å²) >= 11 is 0. The lowest BCUT2D eigenvalue weighted by molar-refractivity contribution is -0.121. The van der Waals surface area contributed by atoms with Crippen LogP contribution in [0.25, 0.3) is 21.6 Å². The predicted octanol–water partition coefficient (Wildman–Crippen LogP) is 3.83. The highest BCUT2D eigenvalue weighted by Crippen LogP contribution is 2.27. The van der Waals surface area contributed by atoms with Crippen LogP contribution >= 0.6 is 0 Å². The summed E-state index contributed by atoms with van der Waals surface area (Å²) in [5, 5.41) is 6.20. The van der Waals surface area contributed by atoms with Gasteiger partial charge in [-0.2, -0.15) is 0 Å². The second-order valence-electron chi connectivity index (χ2n) is 6.27. The Morgan fingerprint density at radius 1 is 1.07 bits per heavy atom. The van der Waals surface area contributed by atoms with Gasteiger partial charge in [0.2, 0.25) is 5.91 Å². The first-order valence-corrected chi connectivity index (χ1v) is 8.94. The molecular formula is C20H25N5O3. The molecule has 0 aliphatic carbocycles. The van der Waals surface area contributed by atoms with Crippen LogP contribution in [0.2, 0.25) is 0 Å². The number of carbonyl (C=O) groups is 1. The molecular weight excluding hydrogens is 358 g/mol. The first-order valence-electron chi connectivity index (χ1n) is 8.94. The highest BCUT2D eigenvalue weighted by Gasteiger charge is 2.07. The van der Waals surface area contributed by atoms with Crippen LogP contribution in [-0.2, 0) is 14.3 Å². The zero-order chi connectivity index (χ0) is 20.4. The number of anilines is 2. The van der Waals surface area contributed by atoms with Gasteiger partial charge in [0.25, 0.3) is 0 Å². The lowest BCUT2D eigenvalue weighted by Crippen LogP contribution is -2.20. The van der Waals surface area contributed by atoms with Gasteiger partial charge < -0.3 is 20.5 Å². The Morgan fingerprint density at radius 3 is 2.43 bits per heavy atom. The zero-order valence-corrected chi connectivity index (χ0v) is 16.1. The van der Waals surface area contributed by atoms with Crippen molar-refractivity contribution in [3.05, 3.63) is 58.0 Å². The lowest BCUT2D eigenvalue weighted by Gasteiger charge is -2.12. The van der Waals surface area contributed by atoms with Gasteiger partial charge in [-0.1, -0.05) is 17.2 Å². The summed E-state index contributed by atoms with van der Waals surface area (Å²) in [6.07, 6.45) is 0. The smallest absolute Gasteiger partial charge is 0.250 e. The van der Waals surface area contributed by atoms with E-state index in [4.69, 9.17) is 20.7 Å². The third-order valence-electron chi connectivity index (χ3n) is 4.11. The van der Waals surface area contributed by atoms with Gasteiger partial charge in [-0.05, 0) is 65.9 Å². The number of nitrogens with zero attached hydrogens (tertiary/aromatic N) is 3. The number of hydrogen-bond donors (Lipinski definition) is 2. The largest absolute Gasteiger partial charge is 0.399 e. The van der Waals surface area contributed by atoms with E-state index in [2.05, 4.69) is 15.3 Å². The van der Waals surface area contributed by atoms with Crippen molar-refractivity contribution in [2.45, 2.75) is 13.8 Å². The van der Waals surface area contributed by atoms with Crippen LogP contribution in [0.5, 0.6) is 0 Å². The third-order valence-corrected chi connectivity index (χ3v) is 4.11. The first-order chi connectivity index (χ1) is 13.5. The summed E-state index contributed by atoms with van der Waals surface area (Å²) in [5.41, 5.74) is 19.7. The molecule has 2 rings (SSSR count). The number of nitrogen functional groups attached to an aromatic ring is 1. The molecule has 2 aromatic rings. The quantitative estimate of drug-likeness (QED) is 0.213. The van der Waals surface area contributed by atoms with Crippen molar-refractivity contribution in [2.24, 2.45) is 5.11 Å². The molecule has 3 N–H and O–H groups in total. The molecule has 0 heterocycles. The molecule has 0 bridgehead atoms. The van der Waals surface area contributed by atoms with E-state index < -0.39 is 0 Å². The standard InChI is InChI=1S/C20H25N5O3/c1-14-11-16(3-5-18(14)21)17-4-6-19(15(2)12-17)24-20(26)13-28-10-9-27-8-7-23-25-22/h3-6,11-12H,7-10,13,21H2,1-2H3,(H,24,26). The fourth-order valence-corrected chi connectivity index (χ4v) is 2.56. The number of benzene rings is 2. The number of rotatable bonds is 10. The number of carbonyl (C=O) groups excluding carboxylic acids is 1. The van der Waals surface area contributed by atoms with Crippen molar-refractivity contribution in [3.8, 4) is 11.1 Å². The molecule has 0 radical (unpaired) electrons. The average molecular weight is 383 g/mol. The summed E-state index contributed by atoms with van der Waals surface area (Å²) in [6, 6.07) is 11.8. The number of ether oxygens (including phenoxy) is 2. The van der Waals surface area contributed by atoms with Crippen molar-refractivity contribution >= 4 is 17.3 Å². The van der Waals surface area contributed by atoms with Crippen LogP contribution < -0.4 is 11.1 Å². The Bertz CT molecular complexity index is 863. The SMILES string of the molecule is Cc1cc(-c2ccc(NC(=O)COCCOCCN=[N+]=[N-])c(C)c2)ccc1N. The number of nitrogens with two attached hydrogens (primary N) is 1. The Morgan fingerprint density at radius 2 is 1.75 bits per heavy atom. The maximum atomic E-state index is 12.0. The van der Waals surface area contributed by atoms with Gasteiger partial charge in [-0.3, -0.25) is 4.79 Å². The lowest BCUT2D eigenvalue weighted by atomic mass is 10.00. The summed E-state index contributed by atoms with van der Waals surface area (Å²) in [6.45, 7) is 5.10. The Labute approximate surface area is 164 Å². The second kappa shape index (κ2) is 10.9. The van der Waals surface area contributed by atoms with Crippen LogP contribution in [0.4, 0.5) is 11.4 Å². The topological polar surface area (TPSA) is 122 Å². The van der Waals surface area contributed by atoms with Gasteiger partial charge in [0, 0.05) is 22.8 Å². The molecule has 2 aromatic carbocycles. The molecule has 0 spiro atoms. The minimum absolute atomic E-state index is 0.0575. The summed E-state index contributed by atoms with van der Waals surface area (Å²) in [7, 11) is 0. The molecule has 0 saturated carbocycles. The molecule has 0 aliphatic heterocycles. The van der Waals surface area contributed by atoms with Crippen molar-refractivity contribution < 1.29 is 14.3 Å². The van der Waals surface area contributed by atoms with Gasteiger partial charge in [0.15, 0.2) is 0 Å². The third kappa shape index (κ3) is 6.59. The molecule has 1 amide bonds. The summed E-state index contributed by atoms with van der Waals surface area (Å²) in [4.78, 5) is 14.7. The molecule has 28 heavy (non-hydrogen) atoms. The second-order valence-corrected chi connectivity index (χ2v) is 6.27. The maximum Gasteiger partial charge on any atom is 0.250 e. The number of amides is 1. The molecule has 8 heteroatoms. The molecule has 0 fully saturated rings. The summed E-state index contributed by atoms with van der Waals surface area (Å²) < 4.78 is 10.5. The van der Waals surface area contributed by atoms with E-state index in [9.17, 15) is 4.79 Å². The van der Waals surface area contributed by atoms with E-state index in [0.29, 0.717) is 13.2 Å². The van der Waals surface area contributed by atoms with E-state index in [-0.39, 0.29) is 25.7 Å². The van der Waals surface area contributed by atoms with E-state index in [0.717, 1.165) is 33.6 Å². The minimum Gasteiger partial charge on any atom is -0.399 e. The molecule has 148 valence electrons. The van der Waals surface area contributed by atoms with Crippen LogP contribution in [-0.4, -0.2) is 38.9 Å². The molecule has 0 unspecified atom stereocenters. The fourth-order valence-electron chi connectivity index (χ4n) is 2.56. The zero-order valence-electron chi connectivity index (χ0n) is 16.1. The predicted molar refractivity (Wildman–Crippen MR) is 110 cm³/mol. The van der Waals surface area contributed by atoms with Gasteiger partial charge in [-0.15, -0.1) is 0 Å². The van der Waals surface area contributed by atoms with Gasteiger partial charge in [0.05, 0.1) is 19.8 Å². The highest BCUT2D eigenvalue weighted by molar-refractivity contribution is 5.92. The van der Waals surface area contributed by atoms with Crippen molar-refractivity contribution in [3.63, 3.8) is 0 Å². The number of nitrogens with one attached hydrogen (secondary N) is 1. The van der Waals surface area contributed by atoms with Gasteiger partial charge >= 0.3 is 0 Å². The van der Waals surface area contributed by atoms with Crippen LogP contribution in [0.15, 0.2) is 41.5 Å². The van der Waals surface area contributed by atoms with Crippen molar-refractivity contribution in [1.82, 2.24) is 0 Å². The van der Waals surface area contributed by atoms with E-state index in [1.165, 1.54) is 0 Å². The normalized spacial score (nSPS) is 10.4. The molecule has 0 aromatic heterocycles. The Balaban J connectivity index is 1.81. The van der Waals surface area contributed by atoms with E-state index >= 15 is 0 Å². The van der Waals surface area contributed by atoms with Gasteiger partial charge in [0.1, 0.15) is 6.61 Å². The van der Waals surface area contributed by atoms with Crippen LogP contribution in [0.1, 0.15) is 11.1 Å². The molecule has 8 nitrogen and oxygen atoms in total. The average Bonchev–Trinajstić information content (AvgIpc) is 2.67. The minimum atomic E-state index is -0.228. The van der Waals surface area contributed by atoms with Gasteiger partial charge in [-0.25, -0.2) is 0 Å². The number of aryl methyl sites for hydroxylation is 2. The van der Waals surface area contributed by atoms with E-state index in [1.54, 1.807) is 0 Å². The molecule has 0 aliphatic rings.